The van der Waals surface area contributed by atoms with Gasteiger partial charge < -0.3 is 14.4 Å². The number of nitrogens with zero attached hydrogens (tertiary/aromatic N) is 1. The number of ether oxygens (including phenoxy) is 2. The Hall–Kier alpha value is -2.80. The highest BCUT2D eigenvalue weighted by Crippen LogP contribution is 2.26. The molecule has 1 aliphatic rings. The zero-order valence-corrected chi connectivity index (χ0v) is 18.1. The molecule has 0 spiro atoms. The van der Waals surface area contributed by atoms with Gasteiger partial charge in [0.2, 0.25) is 5.91 Å². The summed E-state index contributed by atoms with van der Waals surface area (Å²) in [4.78, 5) is 14.3. The SMILES string of the molecule is COc1ccc(OC)c(/C=C/C(=O)N2CCC(S(=O)(=O)Cc3ccccc3)CC2)c1. The van der Waals surface area contributed by atoms with Crippen molar-refractivity contribution >= 4 is 21.8 Å². The molecule has 30 heavy (non-hydrogen) atoms. The van der Waals surface area contributed by atoms with Crippen molar-refractivity contribution in [2.45, 2.75) is 23.8 Å². The smallest absolute Gasteiger partial charge is 0.246 e. The molecule has 1 saturated heterocycles. The number of rotatable bonds is 7. The molecule has 0 N–H and O–H groups in total. The van der Waals surface area contributed by atoms with Crippen LogP contribution < -0.4 is 9.47 Å². The van der Waals surface area contributed by atoms with Gasteiger partial charge in [-0.25, -0.2) is 8.42 Å². The fraction of sp³-hybridized carbons (Fsp3) is 0.348. The molecule has 0 aromatic heterocycles. The minimum atomic E-state index is -3.24. The summed E-state index contributed by atoms with van der Waals surface area (Å²) in [5.74, 6) is 1.22. The first-order valence-electron chi connectivity index (χ1n) is 9.87. The molecule has 0 saturated carbocycles. The summed E-state index contributed by atoms with van der Waals surface area (Å²) in [6.07, 6.45) is 4.10. The van der Waals surface area contributed by atoms with Gasteiger partial charge in [0, 0.05) is 24.7 Å². The molecule has 1 amide bonds. The van der Waals surface area contributed by atoms with E-state index in [1.165, 1.54) is 6.08 Å². The molecule has 0 atom stereocenters. The molecule has 7 heteroatoms. The molecule has 1 fully saturated rings. The largest absolute Gasteiger partial charge is 0.497 e. The van der Waals surface area contributed by atoms with Crippen LogP contribution in [0.1, 0.15) is 24.0 Å². The van der Waals surface area contributed by atoms with Gasteiger partial charge in [0.25, 0.3) is 0 Å². The fourth-order valence-corrected chi connectivity index (χ4v) is 5.42. The zero-order chi connectivity index (χ0) is 21.6. The van der Waals surface area contributed by atoms with Gasteiger partial charge in [-0.05, 0) is 42.7 Å². The highest BCUT2D eigenvalue weighted by Gasteiger charge is 2.31. The lowest BCUT2D eigenvalue weighted by molar-refractivity contribution is -0.126. The van der Waals surface area contributed by atoms with Gasteiger partial charge in [-0.15, -0.1) is 0 Å². The van der Waals surface area contributed by atoms with Crippen molar-refractivity contribution < 1.29 is 22.7 Å². The van der Waals surface area contributed by atoms with Gasteiger partial charge in [0.15, 0.2) is 9.84 Å². The maximum absolute atomic E-state index is 12.7. The number of amides is 1. The summed E-state index contributed by atoms with van der Waals surface area (Å²) in [6, 6.07) is 14.6. The molecular formula is C23H27NO5S. The van der Waals surface area contributed by atoms with E-state index in [-0.39, 0.29) is 11.7 Å². The van der Waals surface area contributed by atoms with Crippen molar-refractivity contribution in [2.75, 3.05) is 27.3 Å². The summed E-state index contributed by atoms with van der Waals surface area (Å²) in [6.45, 7) is 0.855. The van der Waals surface area contributed by atoms with Gasteiger partial charge in [-0.3, -0.25) is 4.79 Å². The van der Waals surface area contributed by atoms with E-state index >= 15 is 0 Å². The summed E-state index contributed by atoms with van der Waals surface area (Å²) < 4.78 is 36.0. The average molecular weight is 430 g/mol. The Morgan fingerprint density at radius 1 is 1.07 bits per heavy atom. The maximum atomic E-state index is 12.7. The Bertz CT molecular complexity index is 994. The van der Waals surface area contributed by atoms with Crippen LogP contribution in [0.4, 0.5) is 0 Å². The van der Waals surface area contributed by atoms with Crippen molar-refractivity contribution in [1.82, 2.24) is 4.90 Å². The first kappa shape index (κ1) is 21.9. The third-order valence-electron chi connectivity index (χ3n) is 5.31. The van der Waals surface area contributed by atoms with Crippen molar-refractivity contribution in [3.05, 3.63) is 65.7 Å². The molecule has 2 aromatic rings. The second kappa shape index (κ2) is 9.80. The van der Waals surface area contributed by atoms with Crippen LogP contribution in [-0.4, -0.2) is 51.8 Å². The number of hydrogen-bond acceptors (Lipinski definition) is 5. The Morgan fingerprint density at radius 2 is 1.77 bits per heavy atom. The molecule has 0 aliphatic carbocycles. The van der Waals surface area contributed by atoms with Crippen molar-refractivity contribution in [3.63, 3.8) is 0 Å². The van der Waals surface area contributed by atoms with Gasteiger partial charge in [-0.1, -0.05) is 30.3 Å². The van der Waals surface area contributed by atoms with E-state index in [4.69, 9.17) is 9.47 Å². The van der Waals surface area contributed by atoms with Gasteiger partial charge >= 0.3 is 0 Å². The van der Waals surface area contributed by atoms with Gasteiger partial charge in [0.1, 0.15) is 11.5 Å². The molecule has 0 unspecified atom stereocenters. The normalized spacial score (nSPS) is 15.3. The standard InChI is InChI=1S/C23H27NO5S/c1-28-20-9-10-22(29-2)19(16-20)8-11-23(25)24-14-12-21(13-15-24)30(26,27)17-18-6-4-3-5-7-18/h3-11,16,21H,12-15,17H2,1-2H3/b11-8+. The maximum Gasteiger partial charge on any atom is 0.246 e. The first-order chi connectivity index (χ1) is 14.4. The minimum Gasteiger partial charge on any atom is -0.497 e. The van der Waals surface area contributed by atoms with Gasteiger partial charge in [0.05, 0.1) is 25.2 Å². The van der Waals surface area contributed by atoms with Crippen LogP contribution in [0.25, 0.3) is 6.08 Å². The van der Waals surface area contributed by atoms with Crippen LogP contribution >= 0.6 is 0 Å². The number of methoxy groups -OCH3 is 2. The van der Waals surface area contributed by atoms with Crippen LogP contribution in [0, 0.1) is 0 Å². The Balaban J connectivity index is 1.60. The summed E-state index contributed by atoms with van der Waals surface area (Å²) in [5, 5.41) is -0.413. The van der Waals surface area contributed by atoms with E-state index in [2.05, 4.69) is 0 Å². The van der Waals surface area contributed by atoms with Crippen molar-refractivity contribution in [2.24, 2.45) is 0 Å². The highest BCUT2D eigenvalue weighted by atomic mass is 32.2. The Kier molecular flexibility index (Phi) is 7.15. The van der Waals surface area contributed by atoms with Crippen molar-refractivity contribution in [1.29, 1.82) is 0 Å². The Labute approximate surface area is 178 Å². The van der Waals surface area contributed by atoms with Crippen LogP contribution in [0.15, 0.2) is 54.6 Å². The Morgan fingerprint density at radius 3 is 2.40 bits per heavy atom. The molecule has 160 valence electrons. The van der Waals surface area contributed by atoms with Gasteiger partial charge in [-0.2, -0.15) is 0 Å². The molecule has 1 aliphatic heterocycles. The molecule has 1 heterocycles. The molecule has 3 rings (SSSR count). The van der Waals surface area contributed by atoms with E-state index < -0.39 is 15.1 Å². The molecule has 2 aromatic carbocycles. The second-order valence-electron chi connectivity index (χ2n) is 7.26. The average Bonchev–Trinajstić information content (AvgIpc) is 2.77. The predicted molar refractivity (Wildman–Crippen MR) is 117 cm³/mol. The summed E-state index contributed by atoms with van der Waals surface area (Å²) in [5.41, 5.74) is 1.54. The van der Waals surface area contributed by atoms with E-state index in [1.807, 2.05) is 30.3 Å². The van der Waals surface area contributed by atoms with Crippen LogP contribution in [0.2, 0.25) is 0 Å². The predicted octanol–water partition coefficient (Wildman–Crippen LogP) is 3.32. The molecule has 6 nitrogen and oxygen atoms in total. The number of piperidine rings is 1. The number of hydrogen-bond donors (Lipinski definition) is 0. The lowest BCUT2D eigenvalue weighted by Gasteiger charge is -2.31. The third kappa shape index (κ3) is 5.42. The molecule has 0 bridgehead atoms. The highest BCUT2D eigenvalue weighted by molar-refractivity contribution is 7.91. The van der Waals surface area contributed by atoms with E-state index in [9.17, 15) is 13.2 Å². The number of benzene rings is 2. The fourth-order valence-electron chi connectivity index (χ4n) is 3.60. The lowest BCUT2D eigenvalue weighted by Crippen LogP contribution is -2.42. The van der Waals surface area contributed by atoms with Crippen LogP contribution in [0.5, 0.6) is 11.5 Å². The zero-order valence-electron chi connectivity index (χ0n) is 17.3. The second-order valence-corrected chi connectivity index (χ2v) is 9.54. The molecular weight excluding hydrogens is 402 g/mol. The lowest BCUT2D eigenvalue weighted by atomic mass is 10.1. The number of sulfone groups is 1. The quantitative estimate of drug-likeness (QED) is 0.632. The van der Waals surface area contributed by atoms with Crippen LogP contribution in [0.3, 0.4) is 0 Å². The van der Waals surface area contributed by atoms with E-state index in [0.717, 1.165) is 11.1 Å². The number of carbonyl (C=O) groups is 1. The number of carbonyl (C=O) groups excluding carboxylic acids is 1. The minimum absolute atomic E-state index is 0.0436. The monoisotopic (exact) mass is 429 g/mol. The first-order valence-corrected chi connectivity index (χ1v) is 11.6. The summed E-state index contributed by atoms with van der Waals surface area (Å²) in [7, 11) is -0.0930. The van der Waals surface area contributed by atoms with E-state index in [1.54, 1.807) is 43.4 Å². The number of likely N-dealkylation sites (tertiary alicyclic amines) is 1. The van der Waals surface area contributed by atoms with Crippen molar-refractivity contribution in [3.8, 4) is 11.5 Å². The van der Waals surface area contributed by atoms with Crippen LogP contribution in [-0.2, 0) is 20.4 Å². The third-order valence-corrected chi connectivity index (χ3v) is 7.54. The topological polar surface area (TPSA) is 72.9 Å². The van der Waals surface area contributed by atoms with E-state index in [0.29, 0.717) is 37.4 Å². The summed E-state index contributed by atoms with van der Waals surface area (Å²) >= 11 is 0. The molecule has 0 radical (unpaired) electrons.